The Labute approximate surface area is 166 Å². The molecule has 5 heteroatoms. The van der Waals surface area contributed by atoms with Crippen LogP contribution in [0.3, 0.4) is 0 Å². The van der Waals surface area contributed by atoms with Crippen molar-refractivity contribution in [3.63, 3.8) is 0 Å². The van der Waals surface area contributed by atoms with Crippen LogP contribution in [0.1, 0.15) is 38.3 Å². The van der Waals surface area contributed by atoms with Gasteiger partial charge < -0.3 is 10.4 Å². The normalized spacial score (nSPS) is 12.1. The van der Waals surface area contributed by atoms with Crippen LogP contribution in [0.2, 0.25) is 0 Å². The van der Waals surface area contributed by atoms with Crippen molar-refractivity contribution in [3.8, 4) is 5.75 Å². The highest BCUT2D eigenvalue weighted by Gasteiger charge is 2.14. The van der Waals surface area contributed by atoms with Crippen LogP contribution in [-0.2, 0) is 11.2 Å². The zero-order chi connectivity index (χ0) is 20.5. The summed E-state index contributed by atoms with van der Waals surface area (Å²) in [5.74, 6) is 0.215. The van der Waals surface area contributed by atoms with Gasteiger partial charge in [-0.05, 0) is 42.7 Å². The molecule has 0 saturated carbocycles. The van der Waals surface area contributed by atoms with E-state index in [1.165, 1.54) is 0 Å². The number of allylic oxidation sites excluding steroid dienone is 1. The largest absolute Gasteiger partial charge is 0.508 e. The Balaban J connectivity index is 2.32. The van der Waals surface area contributed by atoms with Crippen molar-refractivity contribution >= 4 is 23.2 Å². The fourth-order valence-electron chi connectivity index (χ4n) is 2.68. The summed E-state index contributed by atoms with van der Waals surface area (Å²) in [6.07, 6.45) is 2.63. The van der Waals surface area contributed by atoms with Crippen molar-refractivity contribution in [1.82, 2.24) is 5.32 Å². The van der Waals surface area contributed by atoms with Crippen LogP contribution in [0, 0.1) is 11.3 Å². The minimum absolute atomic E-state index is 0.00707. The van der Waals surface area contributed by atoms with E-state index >= 15 is 0 Å². The Hall–Kier alpha value is -3.21. The van der Waals surface area contributed by atoms with Crippen LogP contribution in [0.25, 0.3) is 5.70 Å². The molecule has 0 aliphatic carbocycles. The second kappa shape index (κ2) is 10.2. The summed E-state index contributed by atoms with van der Waals surface area (Å²) in [7, 11) is 0. The third-order valence-corrected chi connectivity index (χ3v) is 4.05. The van der Waals surface area contributed by atoms with Crippen molar-refractivity contribution < 1.29 is 9.90 Å². The molecule has 2 aromatic rings. The number of hydrogen-bond acceptors (Lipinski definition) is 4. The Morgan fingerprint density at radius 3 is 2.36 bits per heavy atom. The van der Waals surface area contributed by atoms with Gasteiger partial charge in [0.15, 0.2) is 0 Å². The van der Waals surface area contributed by atoms with Gasteiger partial charge in [0.25, 0.3) is 0 Å². The number of phenols is 1. The van der Waals surface area contributed by atoms with E-state index in [4.69, 9.17) is 5.41 Å². The summed E-state index contributed by atoms with van der Waals surface area (Å²) in [5, 5.41) is 20.6. The van der Waals surface area contributed by atoms with Gasteiger partial charge in [0.05, 0.1) is 11.4 Å². The molecule has 5 nitrogen and oxygen atoms in total. The molecule has 146 valence electrons. The van der Waals surface area contributed by atoms with E-state index < -0.39 is 0 Å². The zero-order valence-corrected chi connectivity index (χ0v) is 16.6. The van der Waals surface area contributed by atoms with Crippen molar-refractivity contribution in [2.75, 3.05) is 0 Å². The first-order valence-corrected chi connectivity index (χ1v) is 9.35. The average Bonchev–Trinajstić information content (AvgIpc) is 2.66. The molecule has 3 N–H and O–H groups in total. The van der Waals surface area contributed by atoms with Crippen LogP contribution in [-0.4, -0.2) is 22.6 Å². The van der Waals surface area contributed by atoms with E-state index in [0.29, 0.717) is 24.3 Å². The molecule has 28 heavy (non-hydrogen) atoms. The third-order valence-electron chi connectivity index (χ3n) is 4.05. The fraction of sp³-hybridized carbons (Fsp3) is 0.261. The standard InChI is InChI=1S/C23H27N3O2/c1-4-20(18-10-12-19(27)13-11-18)25-21(15-17-8-6-5-7-9-17)23(24)26-22(28)14-16(2)3/h4-13,16,27H,14-15H2,1-3H3,(H2,24,26,28)/b20-4+,25-21?. The number of amides is 1. The molecule has 2 aromatic carbocycles. The van der Waals surface area contributed by atoms with Crippen molar-refractivity contribution in [1.29, 1.82) is 5.41 Å². The molecule has 1 amide bonds. The first kappa shape index (κ1) is 21.1. The Morgan fingerprint density at radius 2 is 1.79 bits per heavy atom. The van der Waals surface area contributed by atoms with E-state index in [1.54, 1.807) is 24.3 Å². The van der Waals surface area contributed by atoms with E-state index in [-0.39, 0.29) is 23.4 Å². The minimum atomic E-state index is -0.188. The lowest BCUT2D eigenvalue weighted by Crippen LogP contribution is -2.37. The number of nitrogens with one attached hydrogen (secondary N) is 2. The summed E-state index contributed by atoms with van der Waals surface area (Å²) >= 11 is 0. The molecular formula is C23H27N3O2. The molecule has 0 aromatic heterocycles. The average molecular weight is 377 g/mol. The number of hydrogen-bond donors (Lipinski definition) is 3. The molecule has 0 aliphatic rings. The first-order valence-electron chi connectivity index (χ1n) is 9.35. The van der Waals surface area contributed by atoms with Gasteiger partial charge in [-0.1, -0.05) is 50.3 Å². The molecular weight excluding hydrogens is 350 g/mol. The predicted molar refractivity (Wildman–Crippen MR) is 115 cm³/mol. The highest BCUT2D eigenvalue weighted by atomic mass is 16.3. The van der Waals surface area contributed by atoms with Crippen molar-refractivity contribution in [2.24, 2.45) is 10.9 Å². The molecule has 0 atom stereocenters. The number of aliphatic imine (C=N–C) groups is 1. The fourth-order valence-corrected chi connectivity index (χ4v) is 2.68. The van der Waals surface area contributed by atoms with Gasteiger partial charge in [-0.2, -0.15) is 0 Å². The van der Waals surface area contributed by atoms with Crippen LogP contribution >= 0.6 is 0 Å². The maximum absolute atomic E-state index is 12.1. The number of carbonyl (C=O) groups is 1. The molecule has 0 fully saturated rings. The van der Waals surface area contributed by atoms with E-state index in [0.717, 1.165) is 11.1 Å². The summed E-state index contributed by atoms with van der Waals surface area (Å²) in [6.45, 7) is 5.79. The van der Waals surface area contributed by atoms with Gasteiger partial charge in [0.1, 0.15) is 11.6 Å². The van der Waals surface area contributed by atoms with Gasteiger partial charge in [0.2, 0.25) is 5.91 Å². The molecule has 0 radical (unpaired) electrons. The maximum atomic E-state index is 12.1. The SMILES string of the molecule is C/C=C(/N=C(Cc1ccccc1)C(=N)NC(=O)CC(C)C)c1ccc(O)cc1. The van der Waals surface area contributed by atoms with E-state index in [2.05, 4.69) is 10.3 Å². The quantitative estimate of drug-likeness (QED) is 0.487. The van der Waals surface area contributed by atoms with Crippen LogP contribution in [0.15, 0.2) is 65.7 Å². The summed E-state index contributed by atoms with van der Waals surface area (Å²) in [5.41, 5.74) is 2.98. The lowest BCUT2D eigenvalue weighted by atomic mass is 10.1. The molecule has 0 spiro atoms. The van der Waals surface area contributed by atoms with Gasteiger partial charge in [-0.25, -0.2) is 4.99 Å². The summed E-state index contributed by atoms with van der Waals surface area (Å²) in [4.78, 5) is 16.8. The Morgan fingerprint density at radius 1 is 1.14 bits per heavy atom. The molecule has 0 bridgehead atoms. The minimum Gasteiger partial charge on any atom is -0.508 e. The lowest BCUT2D eigenvalue weighted by molar-refractivity contribution is -0.120. The zero-order valence-electron chi connectivity index (χ0n) is 16.6. The van der Waals surface area contributed by atoms with E-state index in [9.17, 15) is 9.90 Å². The number of aromatic hydroxyl groups is 1. The van der Waals surface area contributed by atoms with Crippen molar-refractivity contribution in [2.45, 2.75) is 33.6 Å². The Kier molecular flexibility index (Phi) is 7.69. The molecule has 0 saturated heterocycles. The van der Waals surface area contributed by atoms with E-state index in [1.807, 2.05) is 57.2 Å². The van der Waals surface area contributed by atoms with Gasteiger partial charge >= 0.3 is 0 Å². The second-order valence-electron chi connectivity index (χ2n) is 6.96. The predicted octanol–water partition coefficient (Wildman–Crippen LogP) is 4.58. The monoisotopic (exact) mass is 377 g/mol. The topological polar surface area (TPSA) is 85.5 Å². The summed E-state index contributed by atoms with van der Waals surface area (Å²) in [6, 6.07) is 16.5. The molecule has 0 heterocycles. The van der Waals surface area contributed by atoms with Crippen LogP contribution < -0.4 is 5.32 Å². The maximum Gasteiger partial charge on any atom is 0.225 e. The van der Waals surface area contributed by atoms with Gasteiger partial charge in [0, 0.05) is 18.4 Å². The molecule has 0 aliphatic heterocycles. The third kappa shape index (κ3) is 6.50. The molecule has 0 unspecified atom stereocenters. The van der Waals surface area contributed by atoms with Gasteiger partial charge in [-0.15, -0.1) is 0 Å². The highest BCUT2D eigenvalue weighted by molar-refractivity contribution is 6.43. The van der Waals surface area contributed by atoms with Crippen molar-refractivity contribution in [3.05, 3.63) is 71.8 Å². The first-order chi connectivity index (χ1) is 13.4. The molecule has 2 rings (SSSR count). The smallest absolute Gasteiger partial charge is 0.225 e. The number of benzene rings is 2. The van der Waals surface area contributed by atoms with Gasteiger partial charge in [-0.3, -0.25) is 10.2 Å². The Bertz CT molecular complexity index is 866. The summed E-state index contributed by atoms with van der Waals surface area (Å²) < 4.78 is 0. The highest BCUT2D eigenvalue weighted by Crippen LogP contribution is 2.20. The number of nitrogens with zero attached hydrogens (tertiary/aromatic N) is 1. The number of phenolic OH excluding ortho intramolecular Hbond substituents is 1. The second-order valence-corrected chi connectivity index (χ2v) is 6.96. The van der Waals surface area contributed by atoms with Crippen LogP contribution in [0.4, 0.5) is 0 Å². The number of amidine groups is 1. The lowest BCUT2D eigenvalue weighted by Gasteiger charge is -2.13. The number of carbonyl (C=O) groups excluding carboxylic acids is 1. The number of rotatable bonds is 7. The van der Waals surface area contributed by atoms with Crippen LogP contribution in [0.5, 0.6) is 5.75 Å².